The van der Waals surface area contributed by atoms with Crippen LogP contribution in [0, 0.1) is 13.8 Å². The summed E-state index contributed by atoms with van der Waals surface area (Å²) in [5, 5.41) is 7.10. The third kappa shape index (κ3) is 2.62. The molecule has 7 heteroatoms. The van der Waals surface area contributed by atoms with Gasteiger partial charge < -0.3 is 0 Å². The summed E-state index contributed by atoms with van der Waals surface area (Å²) in [7, 11) is -4.59. The maximum Gasteiger partial charge on any atom is 0.306 e. The van der Waals surface area contributed by atoms with E-state index in [9.17, 15) is 12.3 Å². The summed E-state index contributed by atoms with van der Waals surface area (Å²) >= 11 is 5.60. The topological polar surface area (TPSA) is 59.9 Å². The molecule has 1 aromatic rings. The molecule has 0 spiro atoms. The number of hydrogen-bond acceptors (Lipinski definition) is 4. The molecule has 0 aromatic carbocycles. The van der Waals surface area contributed by atoms with Gasteiger partial charge in [0.25, 0.3) is 0 Å². The van der Waals surface area contributed by atoms with Crippen molar-refractivity contribution in [2.75, 3.05) is 0 Å². The number of hydrogen-bond donors (Lipinski definition) is 0. The van der Waals surface area contributed by atoms with Crippen LogP contribution in [0.25, 0.3) is 0 Å². The van der Waals surface area contributed by atoms with Crippen LogP contribution in [0.15, 0.2) is 0 Å². The third-order valence-corrected chi connectivity index (χ3v) is 2.79. The Labute approximate surface area is 86.3 Å². The first-order chi connectivity index (χ1) is 6.31. The Morgan fingerprint density at radius 3 is 2.43 bits per heavy atom. The van der Waals surface area contributed by atoms with E-state index in [1.807, 2.05) is 0 Å². The maximum atomic E-state index is 12.4. The zero-order chi connectivity index (χ0) is 10.9. The third-order valence-electron chi connectivity index (χ3n) is 1.85. The Morgan fingerprint density at radius 2 is 1.93 bits per heavy atom. The largest absolute Gasteiger partial charge is 0.306 e. The van der Waals surface area contributed by atoms with Gasteiger partial charge in [0, 0.05) is 5.56 Å². The zero-order valence-electron chi connectivity index (χ0n) is 7.58. The van der Waals surface area contributed by atoms with Crippen molar-refractivity contribution in [3.05, 3.63) is 22.0 Å². The van der Waals surface area contributed by atoms with Crippen LogP contribution in [0.5, 0.6) is 0 Å². The van der Waals surface area contributed by atoms with Gasteiger partial charge in [0.1, 0.15) is 5.75 Å². The van der Waals surface area contributed by atoms with Crippen molar-refractivity contribution in [1.82, 2.24) is 10.2 Å². The van der Waals surface area contributed by atoms with Crippen LogP contribution in [0.4, 0.5) is 3.89 Å². The average Bonchev–Trinajstić information content (AvgIpc) is 2.04. The minimum atomic E-state index is -4.59. The van der Waals surface area contributed by atoms with Gasteiger partial charge in [-0.2, -0.15) is 13.5 Å². The fourth-order valence-electron chi connectivity index (χ4n) is 0.968. The van der Waals surface area contributed by atoms with Gasteiger partial charge in [-0.05, 0) is 19.4 Å². The van der Waals surface area contributed by atoms with Gasteiger partial charge in [0.2, 0.25) is 0 Å². The minimum Gasteiger partial charge on any atom is -0.194 e. The SMILES string of the molecule is Cc1nnc(Cl)c(CS(=O)(=O)F)c1C. The zero-order valence-corrected chi connectivity index (χ0v) is 9.15. The lowest BCUT2D eigenvalue weighted by atomic mass is 10.1. The van der Waals surface area contributed by atoms with E-state index < -0.39 is 16.0 Å². The number of nitrogens with zero attached hydrogens (tertiary/aromatic N) is 2. The van der Waals surface area contributed by atoms with Crippen molar-refractivity contribution in [2.24, 2.45) is 0 Å². The Hall–Kier alpha value is -0.750. The molecule has 0 aliphatic rings. The second kappa shape index (κ2) is 3.78. The molecule has 1 heterocycles. The van der Waals surface area contributed by atoms with E-state index in [2.05, 4.69) is 10.2 Å². The van der Waals surface area contributed by atoms with E-state index in [0.29, 0.717) is 11.3 Å². The molecule has 0 fully saturated rings. The molecule has 0 amide bonds. The van der Waals surface area contributed by atoms with E-state index >= 15 is 0 Å². The lowest BCUT2D eigenvalue weighted by Crippen LogP contribution is -2.04. The van der Waals surface area contributed by atoms with E-state index in [0.717, 1.165) is 0 Å². The summed E-state index contributed by atoms with van der Waals surface area (Å²) in [5.74, 6) is -0.756. The van der Waals surface area contributed by atoms with Gasteiger partial charge in [-0.15, -0.1) is 8.98 Å². The molecule has 0 aliphatic carbocycles. The molecule has 0 aliphatic heterocycles. The number of aromatic nitrogens is 2. The first kappa shape index (κ1) is 11.3. The molecular weight excluding hydrogens is 231 g/mol. The average molecular weight is 239 g/mol. The molecule has 0 saturated carbocycles. The lowest BCUT2D eigenvalue weighted by Gasteiger charge is -2.05. The maximum absolute atomic E-state index is 12.4. The van der Waals surface area contributed by atoms with Gasteiger partial charge in [-0.1, -0.05) is 11.6 Å². The molecule has 78 valence electrons. The van der Waals surface area contributed by atoms with E-state index in [1.165, 1.54) is 0 Å². The van der Waals surface area contributed by atoms with Gasteiger partial charge in [-0.25, -0.2) is 0 Å². The Bertz CT molecular complexity index is 461. The summed E-state index contributed by atoms with van der Waals surface area (Å²) in [6, 6.07) is 0. The van der Waals surface area contributed by atoms with Crippen LogP contribution in [0.3, 0.4) is 0 Å². The number of halogens is 2. The predicted molar refractivity (Wildman–Crippen MR) is 50.2 cm³/mol. The number of rotatable bonds is 2. The molecule has 0 atom stereocenters. The summed E-state index contributed by atoms with van der Waals surface area (Å²) in [6.07, 6.45) is 0. The molecule has 1 aromatic heterocycles. The summed E-state index contributed by atoms with van der Waals surface area (Å²) < 4.78 is 33.3. The van der Waals surface area contributed by atoms with Gasteiger partial charge in [0.05, 0.1) is 5.69 Å². The molecule has 0 N–H and O–H groups in total. The monoisotopic (exact) mass is 238 g/mol. The summed E-state index contributed by atoms with van der Waals surface area (Å²) in [4.78, 5) is 0. The first-order valence-electron chi connectivity index (χ1n) is 3.72. The quantitative estimate of drug-likeness (QED) is 0.734. The molecule has 0 unspecified atom stereocenters. The fraction of sp³-hybridized carbons (Fsp3) is 0.429. The van der Waals surface area contributed by atoms with Crippen molar-refractivity contribution in [1.29, 1.82) is 0 Å². The highest BCUT2D eigenvalue weighted by Gasteiger charge is 2.16. The second-order valence-corrected chi connectivity index (χ2v) is 4.59. The van der Waals surface area contributed by atoms with Crippen molar-refractivity contribution in [3.8, 4) is 0 Å². The standard InChI is InChI=1S/C7H8ClFN2O2S/c1-4-5(2)10-11-7(8)6(4)3-14(9,12)13/h3H2,1-2H3. The number of aryl methyl sites for hydroxylation is 1. The first-order valence-corrected chi connectivity index (χ1v) is 5.65. The predicted octanol–water partition coefficient (Wildman–Crippen LogP) is 1.55. The molecule has 1 rings (SSSR count). The van der Waals surface area contributed by atoms with E-state index in [-0.39, 0.29) is 10.7 Å². The molecule has 0 radical (unpaired) electrons. The molecule has 4 nitrogen and oxygen atoms in total. The fourth-order valence-corrected chi connectivity index (χ4v) is 1.99. The van der Waals surface area contributed by atoms with Crippen LogP contribution in [0.1, 0.15) is 16.8 Å². The Balaban J connectivity index is 3.27. The highest BCUT2D eigenvalue weighted by Crippen LogP contribution is 2.21. The van der Waals surface area contributed by atoms with E-state index in [4.69, 9.17) is 11.6 Å². The smallest absolute Gasteiger partial charge is 0.194 e. The molecular formula is C7H8ClFN2O2S. The normalized spacial score (nSPS) is 11.7. The van der Waals surface area contributed by atoms with Crippen molar-refractivity contribution >= 4 is 21.8 Å². The highest BCUT2D eigenvalue weighted by atomic mass is 35.5. The molecule has 0 saturated heterocycles. The van der Waals surface area contributed by atoms with E-state index in [1.54, 1.807) is 13.8 Å². The lowest BCUT2D eigenvalue weighted by molar-refractivity contribution is 0.550. The van der Waals surface area contributed by atoms with Crippen LogP contribution >= 0.6 is 11.6 Å². The van der Waals surface area contributed by atoms with Crippen LogP contribution in [-0.2, 0) is 16.0 Å². The van der Waals surface area contributed by atoms with Crippen molar-refractivity contribution in [2.45, 2.75) is 19.6 Å². The highest BCUT2D eigenvalue weighted by molar-refractivity contribution is 7.85. The van der Waals surface area contributed by atoms with Gasteiger partial charge in [0.15, 0.2) is 5.15 Å². The van der Waals surface area contributed by atoms with Gasteiger partial charge >= 0.3 is 10.2 Å². The van der Waals surface area contributed by atoms with Crippen LogP contribution < -0.4 is 0 Å². The summed E-state index contributed by atoms with van der Waals surface area (Å²) in [5.41, 5.74) is 1.25. The minimum absolute atomic E-state index is 0.0747. The van der Waals surface area contributed by atoms with Crippen LogP contribution in [-0.4, -0.2) is 18.6 Å². The summed E-state index contributed by atoms with van der Waals surface area (Å²) in [6.45, 7) is 3.27. The second-order valence-electron chi connectivity index (χ2n) is 2.86. The van der Waals surface area contributed by atoms with Crippen molar-refractivity contribution < 1.29 is 12.3 Å². The Morgan fingerprint density at radius 1 is 1.36 bits per heavy atom. The van der Waals surface area contributed by atoms with Crippen LogP contribution in [0.2, 0.25) is 5.15 Å². The van der Waals surface area contributed by atoms with Crippen molar-refractivity contribution in [3.63, 3.8) is 0 Å². The molecule has 14 heavy (non-hydrogen) atoms. The van der Waals surface area contributed by atoms with Gasteiger partial charge in [-0.3, -0.25) is 0 Å². The molecule has 0 bridgehead atoms. The Kier molecular flexibility index (Phi) is 3.06.